The molecule has 2 saturated carbocycles. The second-order valence-corrected chi connectivity index (χ2v) is 16.1. The predicted octanol–water partition coefficient (Wildman–Crippen LogP) is 7.82. The minimum absolute atomic E-state index is 0.0152. The normalized spacial score (nSPS) is 20.8. The van der Waals surface area contributed by atoms with Gasteiger partial charge in [-0.25, -0.2) is 4.79 Å². The second kappa shape index (κ2) is 11.9. The molecule has 52 heavy (non-hydrogen) atoms. The Balaban J connectivity index is 1.06. The molecule has 5 aromatic rings. The van der Waals surface area contributed by atoms with Gasteiger partial charge in [0.25, 0.3) is 11.8 Å². The van der Waals surface area contributed by atoms with E-state index in [-0.39, 0.29) is 29.8 Å². The van der Waals surface area contributed by atoms with Gasteiger partial charge in [-0.05, 0) is 118 Å². The molecular weight excluding hydrogens is 656 g/mol. The minimum Gasteiger partial charge on any atom is -0.496 e. The first-order valence-electron chi connectivity index (χ1n) is 18.4. The summed E-state index contributed by atoms with van der Waals surface area (Å²) in [5, 5.41) is 7.95. The summed E-state index contributed by atoms with van der Waals surface area (Å²) in [6.45, 7) is 9.62. The van der Waals surface area contributed by atoms with Gasteiger partial charge in [0.2, 0.25) is 0 Å². The Morgan fingerprint density at radius 3 is 2.56 bits per heavy atom. The molecule has 0 radical (unpaired) electrons. The molecule has 1 saturated heterocycles. The minimum atomic E-state index is -0.595. The maximum Gasteiger partial charge on any atom is 0.407 e. The van der Waals surface area contributed by atoms with Crippen molar-refractivity contribution < 1.29 is 28.3 Å². The van der Waals surface area contributed by atoms with Crippen molar-refractivity contribution in [3.63, 3.8) is 0 Å². The molecule has 2 aliphatic heterocycles. The molecular formula is C42H44N4O6. The van der Waals surface area contributed by atoms with Crippen LogP contribution >= 0.6 is 0 Å². The molecule has 268 valence electrons. The molecule has 3 aromatic carbocycles. The van der Waals surface area contributed by atoms with Crippen LogP contribution < -0.4 is 15.4 Å². The number of rotatable bonds is 7. The zero-order valence-corrected chi connectivity index (χ0v) is 30.3. The van der Waals surface area contributed by atoms with Crippen LogP contribution in [0, 0.1) is 18.8 Å². The maximum absolute atomic E-state index is 14.2. The fourth-order valence-corrected chi connectivity index (χ4v) is 8.72. The topological polar surface area (TPSA) is 115 Å². The van der Waals surface area contributed by atoms with Crippen molar-refractivity contribution in [2.45, 2.75) is 84.2 Å². The number of carbonyl (C=O) groups is 3. The highest BCUT2D eigenvalue weighted by atomic mass is 16.6. The number of hydrogen-bond donors (Lipinski definition) is 2. The van der Waals surface area contributed by atoms with Gasteiger partial charge in [0.05, 0.1) is 30.3 Å². The van der Waals surface area contributed by atoms with E-state index in [9.17, 15) is 14.4 Å². The first-order chi connectivity index (χ1) is 25.0. The first-order valence-corrected chi connectivity index (χ1v) is 18.4. The predicted molar refractivity (Wildman–Crippen MR) is 198 cm³/mol. The van der Waals surface area contributed by atoms with Crippen LogP contribution in [0.2, 0.25) is 0 Å². The van der Waals surface area contributed by atoms with E-state index in [4.69, 9.17) is 13.9 Å². The molecule has 2 bridgehead atoms. The third-order valence-electron chi connectivity index (χ3n) is 11.4. The van der Waals surface area contributed by atoms with Crippen LogP contribution in [0.4, 0.5) is 4.79 Å². The van der Waals surface area contributed by atoms with Crippen LogP contribution in [0.3, 0.4) is 0 Å². The molecule has 4 aliphatic rings. The quantitative estimate of drug-likeness (QED) is 0.179. The zero-order valence-electron chi connectivity index (χ0n) is 30.3. The summed E-state index contributed by atoms with van der Waals surface area (Å²) in [6, 6.07) is 18.3. The molecule has 2 aromatic heterocycles. The zero-order chi connectivity index (χ0) is 36.1. The number of hydrogen-bond acceptors (Lipinski definition) is 6. The van der Waals surface area contributed by atoms with Crippen LogP contribution in [0.25, 0.3) is 44.5 Å². The Morgan fingerprint density at radius 1 is 1.00 bits per heavy atom. The highest BCUT2D eigenvalue weighted by Crippen LogP contribution is 2.44. The van der Waals surface area contributed by atoms with Gasteiger partial charge < -0.3 is 34.0 Å². The van der Waals surface area contributed by atoms with Gasteiger partial charge >= 0.3 is 6.09 Å². The number of piperidine rings is 1. The van der Waals surface area contributed by atoms with E-state index in [1.807, 2.05) is 49.9 Å². The molecule has 2 unspecified atom stereocenters. The number of amides is 3. The van der Waals surface area contributed by atoms with Crippen molar-refractivity contribution >= 4 is 39.8 Å². The number of likely N-dealkylation sites (tertiary alicyclic amines) is 1. The number of ether oxygens (including phenoxy) is 2. The smallest absolute Gasteiger partial charge is 0.407 e. The Hall–Kier alpha value is -5.25. The molecule has 2 N–H and O–H groups in total. The van der Waals surface area contributed by atoms with E-state index in [0.717, 1.165) is 74.9 Å². The lowest BCUT2D eigenvalue weighted by molar-refractivity contribution is 0.0485. The molecule has 3 atom stereocenters. The molecule has 3 amide bonds. The molecule has 4 heterocycles. The fraction of sp³-hybridized carbons (Fsp3) is 0.405. The number of aryl methyl sites for hydroxylation is 1. The van der Waals surface area contributed by atoms with Crippen LogP contribution in [0.15, 0.2) is 59.0 Å². The molecule has 10 nitrogen and oxygen atoms in total. The number of fused-ring (bicyclic) bond motifs is 5. The molecule has 2 aliphatic carbocycles. The Labute approximate surface area is 302 Å². The van der Waals surface area contributed by atoms with E-state index in [0.29, 0.717) is 35.9 Å². The number of nitrogens with one attached hydrogen (secondary N) is 2. The molecule has 0 spiro atoms. The standard InChI is InChI=1S/C42H44N4O6/c1-22-36-34(50-5)17-28(40(48)46-21-27-11-13-31(46)37(27)44-41(49)52-42(2,3)4)18-35(36)51-38(22)33-16-26-9-8-25(15-32(26)45(33)20-23-6-7-23)24-10-12-30-29(14-24)19-43-39(30)47/h8-10,12,14-18,23,27,31,37H,6-7,11,13,19-21H2,1-5H3,(H,43,47)(H,44,49)/t27?,31?,37-/m1/s1. The number of benzene rings is 3. The number of alkyl carbamates (subject to hydrolysis) is 1. The van der Waals surface area contributed by atoms with Gasteiger partial charge in [-0.2, -0.15) is 0 Å². The second-order valence-electron chi connectivity index (χ2n) is 16.1. The largest absolute Gasteiger partial charge is 0.496 e. The van der Waals surface area contributed by atoms with Crippen molar-refractivity contribution in [1.29, 1.82) is 0 Å². The third kappa shape index (κ3) is 5.50. The molecule has 10 heteroatoms. The number of nitrogens with zero attached hydrogens (tertiary/aromatic N) is 2. The molecule has 3 fully saturated rings. The van der Waals surface area contributed by atoms with E-state index < -0.39 is 11.7 Å². The highest BCUT2D eigenvalue weighted by Gasteiger charge is 2.50. The van der Waals surface area contributed by atoms with Crippen molar-refractivity contribution in [3.8, 4) is 28.3 Å². The van der Waals surface area contributed by atoms with Gasteiger partial charge in [0, 0.05) is 47.2 Å². The van der Waals surface area contributed by atoms with Crippen LogP contribution in [0.5, 0.6) is 5.75 Å². The van der Waals surface area contributed by atoms with Crippen molar-refractivity contribution in [1.82, 2.24) is 20.1 Å². The summed E-state index contributed by atoms with van der Waals surface area (Å²) >= 11 is 0. The van der Waals surface area contributed by atoms with Crippen molar-refractivity contribution in [3.05, 3.63) is 76.9 Å². The summed E-state index contributed by atoms with van der Waals surface area (Å²) in [5.74, 6) is 2.04. The number of methoxy groups -OCH3 is 1. The van der Waals surface area contributed by atoms with Gasteiger partial charge in [-0.3, -0.25) is 9.59 Å². The SMILES string of the molecule is COc1cc(C(=O)N2CC3CCC2[C@@H]3NC(=O)OC(C)(C)C)cc2oc(-c3cc4ccc(-c5ccc6c(c5)CNC6=O)cc4n3CC3CC3)c(C)c12. The number of aromatic nitrogens is 1. The molecule has 9 rings (SSSR count). The number of carbonyl (C=O) groups excluding carboxylic acids is 3. The Kier molecular flexibility index (Phi) is 7.47. The summed E-state index contributed by atoms with van der Waals surface area (Å²) < 4.78 is 20.6. The van der Waals surface area contributed by atoms with Crippen molar-refractivity contribution in [2.75, 3.05) is 13.7 Å². The summed E-state index contributed by atoms with van der Waals surface area (Å²) in [7, 11) is 1.63. The Bertz CT molecular complexity index is 2310. The van der Waals surface area contributed by atoms with E-state index >= 15 is 0 Å². The average molecular weight is 701 g/mol. The lowest BCUT2D eigenvalue weighted by atomic mass is 9.99. The van der Waals surface area contributed by atoms with Gasteiger partial charge in [0.1, 0.15) is 16.9 Å². The van der Waals surface area contributed by atoms with Crippen LogP contribution in [-0.4, -0.2) is 58.7 Å². The first kappa shape index (κ1) is 32.6. The number of furan rings is 1. The third-order valence-corrected chi connectivity index (χ3v) is 11.4. The lowest BCUT2D eigenvalue weighted by Crippen LogP contribution is -2.46. The average Bonchev–Trinajstić information content (AvgIpc) is 3.34. The van der Waals surface area contributed by atoms with Crippen molar-refractivity contribution in [2.24, 2.45) is 11.8 Å². The van der Waals surface area contributed by atoms with Crippen LogP contribution in [0.1, 0.15) is 78.3 Å². The monoisotopic (exact) mass is 700 g/mol. The van der Waals surface area contributed by atoms with Crippen LogP contribution in [-0.2, 0) is 17.8 Å². The highest BCUT2D eigenvalue weighted by molar-refractivity contribution is 6.03. The Morgan fingerprint density at radius 2 is 1.79 bits per heavy atom. The van der Waals surface area contributed by atoms with Gasteiger partial charge in [-0.1, -0.05) is 18.2 Å². The summed E-state index contributed by atoms with van der Waals surface area (Å²) in [4.78, 5) is 40.9. The summed E-state index contributed by atoms with van der Waals surface area (Å²) in [6.07, 6.45) is 3.75. The van der Waals surface area contributed by atoms with E-state index in [2.05, 4.69) is 52.5 Å². The fourth-order valence-electron chi connectivity index (χ4n) is 8.72. The lowest BCUT2D eigenvalue weighted by Gasteiger charge is -2.28. The summed E-state index contributed by atoms with van der Waals surface area (Å²) in [5.41, 5.74) is 7.56. The van der Waals surface area contributed by atoms with Gasteiger partial charge in [-0.15, -0.1) is 0 Å². The van der Waals surface area contributed by atoms with Gasteiger partial charge in [0.15, 0.2) is 5.76 Å². The maximum atomic E-state index is 14.2. The van der Waals surface area contributed by atoms with E-state index in [1.54, 1.807) is 7.11 Å². The van der Waals surface area contributed by atoms with E-state index in [1.165, 1.54) is 12.8 Å².